The molecule has 2 aromatic rings. The molecule has 3 rings (SSSR count). The van der Waals surface area contributed by atoms with Gasteiger partial charge in [-0.05, 0) is 0 Å². The fourth-order valence-electron chi connectivity index (χ4n) is 3.36. The number of aromatic amines is 1. The summed E-state index contributed by atoms with van der Waals surface area (Å²) in [5.74, 6) is 0. The van der Waals surface area contributed by atoms with Crippen molar-refractivity contribution in [2.45, 2.75) is 27.3 Å². The van der Waals surface area contributed by atoms with E-state index in [-0.39, 0.29) is 24.8 Å². The molecule has 0 spiro atoms. The van der Waals surface area contributed by atoms with Gasteiger partial charge in [0.15, 0.2) is 0 Å². The Balaban J connectivity index is 0.00000121. The van der Waals surface area contributed by atoms with Gasteiger partial charge in [0, 0.05) is 0 Å². The summed E-state index contributed by atoms with van der Waals surface area (Å²) in [6, 6.07) is 11.0. The summed E-state index contributed by atoms with van der Waals surface area (Å²) in [5, 5.41) is 11.5. The number of hydrogen-bond donors (Lipinski definition) is 1. The second-order valence-corrected chi connectivity index (χ2v) is 48.4. The minimum absolute atomic E-state index is 0. The molecule has 1 aliphatic carbocycles. The monoisotopic (exact) mass is 391 g/mol. The zero-order valence-electron chi connectivity index (χ0n) is 13.8. The number of rotatable bonds is 2. The zero-order valence-corrected chi connectivity index (χ0v) is 18.5. The fourth-order valence-corrected chi connectivity index (χ4v) is 11.8. The molecule has 0 unspecified atom stereocenters. The second kappa shape index (κ2) is 4.43. The average molecular weight is 392 g/mol. The Hall–Kier alpha value is -0.249. The predicted octanol–water partition coefficient (Wildman–Crippen LogP) is 4.98. The SMILES string of the molecule is Cl.Cl.[CH3][Ti]([CH3])([CH3])([CH3])(=[SiH2])([C]1=CC=CC1)[c]1cc2ccccc2[nH]1. The molecule has 0 aliphatic heterocycles. The number of nitrogens with one attached hydrogen (secondary N) is 1. The first-order valence-electron chi connectivity index (χ1n) is 7.48. The Morgan fingerprint density at radius 1 is 1.05 bits per heavy atom. The molecule has 122 valence electrons. The number of allylic oxidation sites excluding steroid dienone is 4. The van der Waals surface area contributed by atoms with Crippen molar-refractivity contribution >= 4 is 47.3 Å². The van der Waals surface area contributed by atoms with Crippen LogP contribution in [0.1, 0.15) is 6.42 Å². The molecule has 1 aliphatic rings. The second-order valence-electron chi connectivity index (χ2n) is 10.5. The fraction of sp³-hybridized carbons (Fsp3) is 0.294. The Morgan fingerprint density at radius 2 is 1.68 bits per heavy atom. The molecule has 1 heterocycles. The summed E-state index contributed by atoms with van der Waals surface area (Å²) >= 11 is -3.90. The maximum absolute atomic E-state index is 3.90. The van der Waals surface area contributed by atoms with Crippen molar-refractivity contribution in [3.05, 3.63) is 52.4 Å². The minimum atomic E-state index is -3.90. The summed E-state index contributed by atoms with van der Waals surface area (Å²) in [5.41, 5.74) is 1.25. The molecule has 1 aromatic carbocycles. The first kappa shape index (κ1) is 19.8. The zero-order chi connectivity index (χ0) is 14.8. The van der Waals surface area contributed by atoms with Gasteiger partial charge in [-0.1, -0.05) is 0 Å². The molecule has 0 bridgehead atoms. The van der Waals surface area contributed by atoms with Gasteiger partial charge in [0.2, 0.25) is 0 Å². The van der Waals surface area contributed by atoms with Crippen LogP contribution in [0.3, 0.4) is 0 Å². The molecule has 0 amide bonds. The van der Waals surface area contributed by atoms with Crippen LogP contribution in [0, 0.1) is 0 Å². The van der Waals surface area contributed by atoms with E-state index in [1.54, 1.807) is 3.88 Å². The van der Waals surface area contributed by atoms with E-state index in [1.807, 2.05) is 0 Å². The molecule has 0 saturated heterocycles. The molecule has 0 saturated carbocycles. The van der Waals surface area contributed by atoms with Crippen LogP contribution in [-0.2, 0) is 11.5 Å². The van der Waals surface area contributed by atoms with E-state index in [0.717, 1.165) is 6.42 Å². The number of aromatic nitrogens is 1. The molecule has 0 atom stereocenters. The van der Waals surface area contributed by atoms with Gasteiger partial charge in [-0.2, -0.15) is 0 Å². The van der Waals surface area contributed by atoms with Gasteiger partial charge < -0.3 is 0 Å². The van der Waals surface area contributed by atoms with E-state index in [2.05, 4.69) is 82.1 Å². The quantitative estimate of drug-likeness (QED) is 0.694. The van der Waals surface area contributed by atoms with Crippen molar-refractivity contribution < 1.29 is 11.5 Å². The van der Waals surface area contributed by atoms with Gasteiger partial charge in [-0.15, -0.1) is 24.8 Å². The van der Waals surface area contributed by atoms with Gasteiger partial charge in [0.05, 0.1) is 0 Å². The van der Waals surface area contributed by atoms with Gasteiger partial charge in [-0.25, -0.2) is 0 Å². The molecule has 5 heteroatoms. The van der Waals surface area contributed by atoms with E-state index >= 15 is 0 Å². The van der Waals surface area contributed by atoms with E-state index in [0.29, 0.717) is 0 Å². The standard InChI is InChI=1S/C8H6N.C5H5.4CH3.2ClH.H2Si.Ti/c1-2-4-8-7(3-1)5-6-9-8;1-2-4-5-3-1;;;;;;;;/h1-5,9H;1-3H,4H2;4*1H3;2*1H;1H2;. The molecule has 0 radical (unpaired) electrons. The number of H-pyrrole nitrogens is 1. The third-order valence-corrected chi connectivity index (χ3v) is 19.4. The van der Waals surface area contributed by atoms with Crippen molar-refractivity contribution in [3.63, 3.8) is 0 Å². The Kier molecular flexibility index (Phi) is 3.99. The van der Waals surface area contributed by atoms with Crippen molar-refractivity contribution in [1.29, 1.82) is 0 Å². The maximum atomic E-state index is 3.75. The third kappa shape index (κ3) is 2.81. The summed E-state index contributed by atoms with van der Waals surface area (Å²) in [6.45, 7) is 0. The number of hydrogen-bond acceptors (Lipinski definition) is 0. The summed E-state index contributed by atoms with van der Waals surface area (Å²) in [6.07, 6.45) is 7.95. The van der Waals surface area contributed by atoms with Crippen molar-refractivity contribution in [1.82, 2.24) is 4.98 Å². The van der Waals surface area contributed by atoms with Crippen molar-refractivity contribution in [2.24, 2.45) is 0 Å². The van der Waals surface area contributed by atoms with Crippen molar-refractivity contribution in [3.8, 4) is 0 Å². The van der Waals surface area contributed by atoms with Crippen LogP contribution in [0.4, 0.5) is 0 Å². The van der Waals surface area contributed by atoms with E-state index in [4.69, 9.17) is 0 Å². The third-order valence-electron chi connectivity index (χ3n) is 5.38. The molecular weight excluding hydrogens is 365 g/mol. The summed E-state index contributed by atoms with van der Waals surface area (Å²) < 4.78 is 3.06. The van der Waals surface area contributed by atoms with Crippen LogP contribution in [0.15, 0.2) is 52.4 Å². The molecular formula is C17H27Cl2NSiTi. The summed E-state index contributed by atoms with van der Waals surface area (Å²) in [7, 11) is 2.26. The Morgan fingerprint density at radius 3 is 2.23 bits per heavy atom. The topological polar surface area (TPSA) is 15.8 Å². The van der Waals surface area contributed by atoms with Gasteiger partial charge in [0.25, 0.3) is 0 Å². The van der Waals surface area contributed by atoms with E-state index < -0.39 is 11.5 Å². The first-order valence-corrected chi connectivity index (χ1v) is 19.3. The normalized spacial score (nSPS) is 19.1. The van der Waals surface area contributed by atoms with Crippen LogP contribution >= 0.6 is 24.8 Å². The van der Waals surface area contributed by atoms with Crippen LogP contribution in [0.2, 0.25) is 20.9 Å². The number of fused-ring (bicyclic) bond motifs is 1. The first-order chi connectivity index (χ1) is 8.93. The van der Waals surface area contributed by atoms with E-state index in [9.17, 15) is 0 Å². The number of benzene rings is 1. The molecule has 22 heavy (non-hydrogen) atoms. The van der Waals surface area contributed by atoms with Gasteiger partial charge in [-0.3, -0.25) is 0 Å². The summed E-state index contributed by atoms with van der Waals surface area (Å²) in [4.78, 5) is 3.75. The molecule has 1 N–H and O–H groups in total. The Labute approximate surface area is 143 Å². The van der Waals surface area contributed by atoms with Crippen LogP contribution in [0.25, 0.3) is 10.9 Å². The number of halogens is 2. The van der Waals surface area contributed by atoms with Gasteiger partial charge >= 0.3 is 119 Å². The molecule has 0 fully saturated rings. The predicted molar refractivity (Wildman–Crippen MR) is 106 cm³/mol. The molecule has 1 nitrogen and oxygen atoms in total. The van der Waals surface area contributed by atoms with Crippen LogP contribution < -0.4 is 4.00 Å². The van der Waals surface area contributed by atoms with Gasteiger partial charge in [0.1, 0.15) is 0 Å². The average Bonchev–Trinajstić information content (AvgIpc) is 2.98. The van der Waals surface area contributed by atoms with Crippen LogP contribution in [-0.4, -0.2) is 12.6 Å². The van der Waals surface area contributed by atoms with E-state index in [1.165, 1.54) is 14.9 Å². The molecule has 1 aromatic heterocycles. The van der Waals surface area contributed by atoms with Crippen LogP contribution in [0.5, 0.6) is 0 Å². The van der Waals surface area contributed by atoms with Crippen molar-refractivity contribution in [2.75, 3.05) is 0 Å². The Bertz CT molecular complexity index is 874. The number of para-hydroxylation sites is 1.